The highest BCUT2D eigenvalue weighted by Crippen LogP contribution is 2.41. The zero-order valence-corrected chi connectivity index (χ0v) is 15.4. The van der Waals surface area contributed by atoms with Gasteiger partial charge in [-0.25, -0.2) is 4.79 Å². The molecule has 2 aliphatic rings. The molecule has 3 nitrogen and oxygen atoms in total. The van der Waals surface area contributed by atoms with E-state index in [1.807, 2.05) is 24.3 Å². The van der Waals surface area contributed by atoms with Crippen molar-refractivity contribution in [3.05, 3.63) is 63.0 Å². The average molecular weight is 345 g/mol. The second kappa shape index (κ2) is 5.73. The molecule has 2 aromatic carbocycles. The van der Waals surface area contributed by atoms with Crippen LogP contribution in [-0.2, 0) is 12.8 Å². The van der Waals surface area contributed by atoms with Gasteiger partial charge in [0.1, 0.15) is 5.58 Å². The summed E-state index contributed by atoms with van der Waals surface area (Å²) in [6, 6.07) is 10.4. The quantitative estimate of drug-likeness (QED) is 0.595. The third-order valence-corrected chi connectivity index (χ3v) is 5.99. The molecule has 5 rings (SSSR count). The molecular formula is C23H23NO2. The van der Waals surface area contributed by atoms with Crippen LogP contribution in [0.3, 0.4) is 0 Å². The van der Waals surface area contributed by atoms with E-state index in [-0.39, 0.29) is 5.63 Å². The lowest BCUT2D eigenvalue weighted by atomic mass is 9.88. The summed E-state index contributed by atoms with van der Waals surface area (Å²) in [7, 11) is 0. The summed E-state index contributed by atoms with van der Waals surface area (Å²) < 4.78 is 5.95. The molecule has 0 unspecified atom stereocenters. The number of anilines is 1. The van der Waals surface area contributed by atoms with Crippen LogP contribution in [0.15, 0.2) is 39.5 Å². The fourth-order valence-electron chi connectivity index (χ4n) is 4.71. The molecule has 0 saturated heterocycles. The lowest BCUT2D eigenvalue weighted by Gasteiger charge is -2.37. The van der Waals surface area contributed by atoms with Crippen molar-refractivity contribution in [2.24, 2.45) is 0 Å². The van der Waals surface area contributed by atoms with Crippen LogP contribution in [0.25, 0.3) is 22.1 Å². The van der Waals surface area contributed by atoms with E-state index in [0.29, 0.717) is 5.56 Å². The first kappa shape index (κ1) is 15.7. The number of hydrogen-bond acceptors (Lipinski definition) is 3. The number of nitrogens with zero attached hydrogens (tertiary/aromatic N) is 1. The van der Waals surface area contributed by atoms with Crippen LogP contribution < -0.4 is 10.5 Å². The van der Waals surface area contributed by atoms with Crippen molar-refractivity contribution in [3.8, 4) is 11.1 Å². The fourth-order valence-corrected chi connectivity index (χ4v) is 4.71. The van der Waals surface area contributed by atoms with E-state index in [4.69, 9.17) is 4.42 Å². The van der Waals surface area contributed by atoms with Gasteiger partial charge in [-0.05, 0) is 62.3 Å². The van der Waals surface area contributed by atoms with E-state index in [9.17, 15) is 4.79 Å². The van der Waals surface area contributed by atoms with E-state index in [1.54, 1.807) is 0 Å². The highest BCUT2D eigenvalue weighted by Gasteiger charge is 2.28. The Kier molecular flexibility index (Phi) is 3.46. The molecular weight excluding hydrogens is 322 g/mol. The number of aryl methyl sites for hydroxylation is 4. The molecule has 3 aromatic rings. The highest BCUT2D eigenvalue weighted by molar-refractivity contribution is 5.93. The van der Waals surface area contributed by atoms with Gasteiger partial charge in [-0.2, -0.15) is 0 Å². The van der Waals surface area contributed by atoms with Crippen molar-refractivity contribution >= 4 is 16.7 Å². The molecule has 0 bridgehead atoms. The van der Waals surface area contributed by atoms with Gasteiger partial charge < -0.3 is 9.32 Å². The Balaban J connectivity index is 1.83. The second-order valence-electron chi connectivity index (χ2n) is 7.69. The Labute approximate surface area is 153 Å². The van der Waals surface area contributed by atoms with Gasteiger partial charge >= 0.3 is 5.63 Å². The van der Waals surface area contributed by atoms with Gasteiger partial charge in [0.05, 0.1) is 5.56 Å². The summed E-state index contributed by atoms with van der Waals surface area (Å²) in [5.41, 5.74) is 8.49. The minimum Gasteiger partial charge on any atom is -0.422 e. The Morgan fingerprint density at radius 1 is 1.00 bits per heavy atom. The molecule has 132 valence electrons. The standard InChI is InChI=1S/C23H23NO2/c1-14-7-9-16(10-8-14)20-15(2)19-13-17-5-3-11-24-12-4-6-18(21(17)24)22(19)26-23(20)25/h7-10,13H,3-6,11-12H2,1-2H3. The van der Waals surface area contributed by atoms with Gasteiger partial charge in [-0.3, -0.25) is 0 Å². The number of rotatable bonds is 1. The van der Waals surface area contributed by atoms with E-state index in [0.717, 1.165) is 54.4 Å². The van der Waals surface area contributed by atoms with Crippen molar-refractivity contribution in [1.29, 1.82) is 0 Å². The summed E-state index contributed by atoms with van der Waals surface area (Å²) >= 11 is 0. The molecule has 3 heterocycles. The smallest absolute Gasteiger partial charge is 0.344 e. The van der Waals surface area contributed by atoms with E-state index >= 15 is 0 Å². The van der Waals surface area contributed by atoms with Gasteiger partial charge in [0.15, 0.2) is 0 Å². The molecule has 1 aromatic heterocycles. The van der Waals surface area contributed by atoms with Crippen LogP contribution in [0.5, 0.6) is 0 Å². The predicted molar refractivity (Wildman–Crippen MR) is 106 cm³/mol. The molecule has 0 fully saturated rings. The van der Waals surface area contributed by atoms with Crippen LogP contribution in [-0.4, -0.2) is 13.1 Å². The summed E-state index contributed by atoms with van der Waals surface area (Å²) in [5.74, 6) is 0. The van der Waals surface area contributed by atoms with Crippen LogP contribution in [0.4, 0.5) is 5.69 Å². The molecule has 2 aliphatic heterocycles. The van der Waals surface area contributed by atoms with Crippen molar-refractivity contribution in [2.75, 3.05) is 18.0 Å². The fraction of sp³-hybridized carbons (Fsp3) is 0.348. The third kappa shape index (κ3) is 2.23. The average Bonchev–Trinajstić information content (AvgIpc) is 2.65. The summed E-state index contributed by atoms with van der Waals surface area (Å²) in [4.78, 5) is 15.4. The van der Waals surface area contributed by atoms with E-state index in [1.165, 1.54) is 28.8 Å². The Morgan fingerprint density at radius 2 is 1.73 bits per heavy atom. The van der Waals surface area contributed by atoms with Crippen LogP contribution >= 0.6 is 0 Å². The summed E-state index contributed by atoms with van der Waals surface area (Å²) in [5, 5.41) is 1.11. The van der Waals surface area contributed by atoms with E-state index in [2.05, 4.69) is 24.8 Å². The molecule has 0 aliphatic carbocycles. The summed E-state index contributed by atoms with van der Waals surface area (Å²) in [6.45, 7) is 6.37. The first-order valence-electron chi connectivity index (χ1n) is 9.57. The number of benzene rings is 2. The van der Waals surface area contributed by atoms with Gasteiger partial charge in [0, 0.05) is 29.7 Å². The van der Waals surface area contributed by atoms with Crippen molar-refractivity contribution in [3.63, 3.8) is 0 Å². The van der Waals surface area contributed by atoms with Crippen LogP contribution in [0.2, 0.25) is 0 Å². The number of hydrogen-bond donors (Lipinski definition) is 0. The maximum absolute atomic E-state index is 12.9. The normalized spacial score (nSPS) is 16.0. The van der Waals surface area contributed by atoms with E-state index < -0.39 is 0 Å². The monoisotopic (exact) mass is 345 g/mol. The van der Waals surface area contributed by atoms with Gasteiger partial charge in [0.2, 0.25) is 0 Å². The zero-order chi connectivity index (χ0) is 17.8. The minimum atomic E-state index is -0.219. The lowest BCUT2D eigenvalue weighted by molar-refractivity contribution is 0.551. The topological polar surface area (TPSA) is 33.5 Å². The van der Waals surface area contributed by atoms with Gasteiger partial charge in [-0.15, -0.1) is 0 Å². The van der Waals surface area contributed by atoms with Crippen LogP contribution in [0, 0.1) is 13.8 Å². The summed E-state index contributed by atoms with van der Waals surface area (Å²) in [6.07, 6.45) is 4.46. The molecule has 0 N–H and O–H groups in total. The second-order valence-corrected chi connectivity index (χ2v) is 7.69. The Hall–Kier alpha value is -2.55. The molecule has 0 spiro atoms. The Morgan fingerprint density at radius 3 is 2.50 bits per heavy atom. The third-order valence-electron chi connectivity index (χ3n) is 5.99. The van der Waals surface area contributed by atoms with Crippen molar-refractivity contribution in [2.45, 2.75) is 39.5 Å². The number of fused-ring (bicyclic) bond motifs is 2. The van der Waals surface area contributed by atoms with Crippen molar-refractivity contribution in [1.82, 2.24) is 0 Å². The Bertz CT molecular complexity index is 1070. The molecule has 0 saturated carbocycles. The molecule has 0 radical (unpaired) electrons. The predicted octanol–water partition coefficient (Wildman–Crippen LogP) is 4.78. The highest BCUT2D eigenvalue weighted by atomic mass is 16.4. The van der Waals surface area contributed by atoms with Gasteiger partial charge in [0.25, 0.3) is 0 Å². The minimum absolute atomic E-state index is 0.219. The molecule has 0 amide bonds. The molecule has 26 heavy (non-hydrogen) atoms. The van der Waals surface area contributed by atoms with Crippen LogP contribution in [0.1, 0.15) is 35.1 Å². The first-order chi connectivity index (χ1) is 12.6. The molecule has 0 atom stereocenters. The lowest BCUT2D eigenvalue weighted by Crippen LogP contribution is -2.34. The van der Waals surface area contributed by atoms with Crippen molar-refractivity contribution < 1.29 is 4.42 Å². The maximum Gasteiger partial charge on any atom is 0.344 e. The first-order valence-corrected chi connectivity index (χ1v) is 9.57. The maximum atomic E-state index is 12.9. The SMILES string of the molecule is Cc1ccc(-c2c(C)c3cc4c5c(c3oc2=O)CCCN5CCC4)cc1. The largest absolute Gasteiger partial charge is 0.422 e. The van der Waals surface area contributed by atoms with Gasteiger partial charge in [-0.1, -0.05) is 29.8 Å². The molecule has 3 heteroatoms. The zero-order valence-electron chi connectivity index (χ0n) is 15.4.